The molecule has 1 aromatic heterocycles. The van der Waals surface area contributed by atoms with Crippen LogP contribution in [0.3, 0.4) is 0 Å². The van der Waals surface area contributed by atoms with Gasteiger partial charge in [-0.1, -0.05) is 13.8 Å². The van der Waals surface area contributed by atoms with Gasteiger partial charge in [0.15, 0.2) is 0 Å². The van der Waals surface area contributed by atoms with E-state index >= 15 is 0 Å². The molecule has 98 valence electrons. The minimum Gasteiger partial charge on any atom is -0.320 e. The SMILES string of the molecule is CC(C)c1ccc(N2CCCCC(N)C2=O)cn1. The van der Waals surface area contributed by atoms with E-state index in [2.05, 4.69) is 18.8 Å². The molecule has 18 heavy (non-hydrogen) atoms. The van der Waals surface area contributed by atoms with Gasteiger partial charge in [0.25, 0.3) is 0 Å². The quantitative estimate of drug-likeness (QED) is 0.870. The average molecular weight is 247 g/mol. The number of nitrogens with zero attached hydrogens (tertiary/aromatic N) is 2. The second-order valence-corrected chi connectivity index (χ2v) is 5.19. The third-order valence-corrected chi connectivity index (χ3v) is 3.40. The number of pyridine rings is 1. The zero-order valence-corrected chi connectivity index (χ0v) is 11.1. The Hall–Kier alpha value is -1.42. The molecular formula is C14H21N3O. The molecule has 1 aromatic rings. The molecule has 0 spiro atoms. The van der Waals surface area contributed by atoms with Crippen molar-refractivity contribution in [2.75, 3.05) is 11.4 Å². The third-order valence-electron chi connectivity index (χ3n) is 3.40. The summed E-state index contributed by atoms with van der Waals surface area (Å²) >= 11 is 0. The number of nitrogens with two attached hydrogens (primary N) is 1. The number of carbonyl (C=O) groups is 1. The summed E-state index contributed by atoms with van der Waals surface area (Å²) in [5, 5.41) is 0. The molecule has 0 aliphatic carbocycles. The molecule has 1 saturated heterocycles. The summed E-state index contributed by atoms with van der Waals surface area (Å²) < 4.78 is 0. The molecule has 1 unspecified atom stereocenters. The van der Waals surface area contributed by atoms with E-state index in [9.17, 15) is 4.79 Å². The summed E-state index contributed by atoms with van der Waals surface area (Å²) in [5.74, 6) is 0.424. The average Bonchev–Trinajstić information content (AvgIpc) is 2.53. The van der Waals surface area contributed by atoms with Crippen LogP contribution < -0.4 is 10.6 Å². The normalized spacial score (nSPS) is 21.2. The molecule has 2 rings (SSSR count). The van der Waals surface area contributed by atoms with Gasteiger partial charge in [-0.15, -0.1) is 0 Å². The van der Waals surface area contributed by atoms with Crippen molar-refractivity contribution in [3.8, 4) is 0 Å². The maximum atomic E-state index is 12.1. The fraction of sp³-hybridized carbons (Fsp3) is 0.571. The fourth-order valence-corrected chi connectivity index (χ4v) is 2.22. The van der Waals surface area contributed by atoms with Crippen LogP contribution >= 0.6 is 0 Å². The van der Waals surface area contributed by atoms with E-state index in [1.54, 1.807) is 11.1 Å². The van der Waals surface area contributed by atoms with Crippen LogP contribution in [0.5, 0.6) is 0 Å². The topological polar surface area (TPSA) is 59.2 Å². The largest absolute Gasteiger partial charge is 0.320 e. The van der Waals surface area contributed by atoms with Gasteiger partial charge in [0.05, 0.1) is 17.9 Å². The smallest absolute Gasteiger partial charge is 0.243 e. The Kier molecular flexibility index (Phi) is 3.97. The van der Waals surface area contributed by atoms with E-state index in [-0.39, 0.29) is 11.9 Å². The van der Waals surface area contributed by atoms with Gasteiger partial charge in [-0.2, -0.15) is 0 Å². The predicted octanol–water partition coefficient (Wildman–Crippen LogP) is 2.05. The molecule has 1 atom stereocenters. The number of hydrogen-bond donors (Lipinski definition) is 1. The van der Waals surface area contributed by atoms with Crippen molar-refractivity contribution in [3.05, 3.63) is 24.0 Å². The van der Waals surface area contributed by atoms with Crippen molar-refractivity contribution < 1.29 is 4.79 Å². The van der Waals surface area contributed by atoms with E-state index in [0.29, 0.717) is 5.92 Å². The molecule has 1 aliphatic rings. The summed E-state index contributed by atoms with van der Waals surface area (Å²) in [6.07, 6.45) is 4.59. The predicted molar refractivity (Wildman–Crippen MR) is 72.5 cm³/mol. The van der Waals surface area contributed by atoms with Crippen LogP contribution in [0.2, 0.25) is 0 Å². The number of anilines is 1. The van der Waals surface area contributed by atoms with Gasteiger partial charge in [-0.25, -0.2) is 0 Å². The van der Waals surface area contributed by atoms with Crippen LogP contribution in [-0.2, 0) is 4.79 Å². The van der Waals surface area contributed by atoms with Crippen LogP contribution in [0, 0.1) is 0 Å². The second kappa shape index (κ2) is 5.48. The first-order chi connectivity index (χ1) is 8.59. The van der Waals surface area contributed by atoms with Crippen LogP contribution in [0.1, 0.15) is 44.7 Å². The zero-order chi connectivity index (χ0) is 13.1. The zero-order valence-electron chi connectivity index (χ0n) is 11.1. The summed E-state index contributed by atoms with van der Waals surface area (Å²) in [7, 11) is 0. The summed E-state index contributed by atoms with van der Waals surface area (Å²) in [5.41, 5.74) is 7.78. The Morgan fingerprint density at radius 1 is 1.39 bits per heavy atom. The molecular weight excluding hydrogens is 226 g/mol. The van der Waals surface area contributed by atoms with Crippen LogP contribution in [0.25, 0.3) is 0 Å². The van der Waals surface area contributed by atoms with Gasteiger partial charge in [-0.3, -0.25) is 9.78 Å². The molecule has 0 radical (unpaired) electrons. The number of hydrogen-bond acceptors (Lipinski definition) is 3. The minimum absolute atomic E-state index is 0.0200. The Morgan fingerprint density at radius 3 is 2.78 bits per heavy atom. The maximum absolute atomic E-state index is 12.1. The molecule has 1 fully saturated rings. The van der Waals surface area contributed by atoms with Gasteiger partial charge in [0, 0.05) is 12.2 Å². The lowest BCUT2D eigenvalue weighted by Gasteiger charge is -2.22. The first kappa shape index (κ1) is 13.0. The van der Waals surface area contributed by atoms with Crippen molar-refractivity contribution in [1.29, 1.82) is 0 Å². The lowest BCUT2D eigenvalue weighted by Crippen LogP contribution is -2.42. The second-order valence-electron chi connectivity index (χ2n) is 5.19. The third kappa shape index (κ3) is 2.70. The van der Waals surface area contributed by atoms with Gasteiger partial charge in [0.1, 0.15) is 0 Å². The van der Waals surface area contributed by atoms with Crippen LogP contribution in [0.4, 0.5) is 5.69 Å². The van der Waals surface area contributed by atoms with Gasteiger partial charge < -0.3 is 10.6 Å². The molecule has 0 saturated carbocycles. The van der Waals surface area contributed by atoms with E-state index in [4.69, 9.17) is 5.73 Å². The van der Waals surface area contributed by atoms with Crippen molar-refractivity contribution in [2.24, 2.45) is 5.73 Å². The lowest BCUT2D eigenvalue weighted by atomic mass is 10.1. The number of aromatic nitrogens is 1. The van der Waals surface area contributed by atoms with Crippen molar-refractivity contribution in [3.63, 3.8) is 0 Å². The van der Waals surface area contributed by atoms with Crippen LogP contribution in [-0.4, -0.2) is 23.5 Å². The van der Waals surface area contributed by atoms with Crippen molar-refractivity contribution >= 4 is 11.6 Å². The monoisotopic (exact) mass is 247 g/mol. The Balaban J connectivity index is 2.21. The molecule has 2 heterocycles. The molecule has 0 bridgehead atoms. The highest BCUT2D eigenvalue weighted by molar-refractivity contribution is 5.97. The van der Waals surface area contributed by atoms with Gasteiger partial charge in [-0.05, 0) is 37.3 Å². The highest BCUT2D eigenvalue weighted by Crippen LogP contribution is 2.21. The number of rotatable bonds is 2. The fourth-order valence-electron chi connectivity index (χ4n) is 2.22. The van der Waals surface area contributed by atoms with Crippen LogP contribution in [0.15, 0.2) is 18.3 Å². The Bertz CT molecular complexity index is 414. The molecule has 4 nitrogen and oxygen atoms in total. The summed E-state index contributed by atoms with van der Waals surface area (Å²) in [6.45, 7) is 4.96. The highest BCUT2D eigenvalue weighted by Gasteiger charge is 2.25. The standard InChI is InChI=1S/C14H21N3O/c1-10(2)13-7-6-11(9-16-13)17-8-4-3-5-12(15)14(17)18/h6-7,9-10,12H,3-5,8,15H2,1-2H3. The highest BCUT2D eigenvalue weighted by atomic mass is 16.2. The molecule has 2 N–H and O–H groups in total. The summed E-state index contributed by atoms with van der Waals surface area (Å²) in [4.78, 5) is 18.3. The van der Waals surface area contributed by atoms with Crippen molar-refractivity contribution in [2.45, 2.75) is 45.1 Å². The number of amides is 1. The first-order valence-electron chi connectivity index (χ1n) is 6.62. The maximum Gasteiger partial charge on any atom is 0.243 e. The lowest BCUT2D eigenvalue weighted by molar-refractivity contribution is -0.119. The summed E-state index contributed by atoms with van der Waals surface area (Å²) in [6, 6.07) is 3.60. The minimum atomic E-state index is -0.364. The van der Waals surface area contributed by atoms with E-state index in [0.717, 1.165) is 37.2 Å². The number of carbonyl (C=O) groups excluding carboxylic acids is 1. The van der Waals surface area contributed by atoms with E-state index < -0.39 is 0 Å². The Labute approximate surface area is 108 Å². The molecule has 1 aliphatic heterocycles. The van der Waals surface area contributed by atoms with Crippen molar-refractivity contribution in [1.82, 2.24) is 4.98 Å². The molecule has 0 aromatic carbocycles. The van der Waals surface area contributed by atoms with E-state index in [1.807, 2.05) is 12.1 Å². The molecule has 1 amide bonds. The van der Waals surface area contributed by atoms with Gasteiger partial charge in [0.2, 0.25) is 5.91 Å². The van der Waals surface area contributed by atoms with Gasteiger partial charge >= 0.3 is 0 Å². The Morgan fingerprint density at radius 2 is 2.17 bits per heavy atom. The van der Waals surface area contributed by atoms with E-state index in [1.165, 1.54) is 0 Å². The first-order valence-corrected chi connectivity index (χ1v) is 6.62. The molecule has 4 heteroatoms.